The number of hydrogen-bond acceptors (Lipinski definition) is 3. The van der Waals surface area contributed by atoms with Crippen LogP contribution in [0, 0.1) is 17.7 Å². The molecule has 1 aromatic heterocycles. The van der Waals surface area contributed by atoms with Crippen molar-refractivity contribution in [3.8, 4) is 0 Å². The summed E-state index contributed by atoms with van der Waals surface area (Å²) < 4.78 is 15.1. The summed E-state index contributed by atoms with van der Waals surface area (Å²) in [6.45, 7) is 3.86. The molecule has 1 aromatic carbocycles. The third kappa shape index (κ3) is 2.94. The van der Waals surface area contributed by atoms with Crippen LogP contribution in [0.5, 0.6) is 0 Å². The molecule has 0 N–H and O–H groups in total. The molecule has 126 valence electrons. The Morgan fingerprint density at radius 1 is 1.21 bits per heavy atom. The molecule has 1 amide bonds. The van der Waals surface area contributed by atoms with Crippen LogP contribution in [0.15, 0.2) is 36.7 Å². The molecule has 2 aliphatic rings. The lowest BCUT2D eigenvalue weighted by atomic mass is 10.0. The van der Waals surface area contributed by atoms with Crippen LogP contribution < -0.4 is 0 Å². The third-order valence-corrected chi connectivity index (χ3v) is 5.03. The van der Waals surface area contributed by atoms with Gasteiger partial charge < -0.3 is 4.90 Å². The molecule has 2 saturated heterocycles. The molecule has 4 rings (SSSR count). The van der Waals surface area contributed by atoms with Gasteiger partial charge in [-0.25, -0.2) is 4.39 Å². The monoisotopic (exact) mass is 328 g/mol. The number of fused-ring (bicyclic) bond motifs is 1. The van der Waals surface area contributed by atoms with E-state index in [0.29, 0.717) is 12.5 Å². The molecular formula is C18H21FN4O. The zero-order valence-electron chi connectivity index (χ0n) is 13.7. The molecule has 24 heavy (non-hydrogen) atoms. The quantitative estimate of drug-likeness (QED) is 0.857. The SMILES string of the molecule is Cn1cc(CN2C[C@H]3CN(Cc4cccc(F)c4)C(=O)[C@H]3C2)cn1. The Morgan fingerprint density at radius 2 is 2.08 bits per heavy atom. The highest BCUT2D eigenvalue weighted by molar-refractivity contribution is 5.82. The maximum absolute atomic E-state index is 13.3. The smallest absolute Gasteiger partial charge is 0.227 e. The van der Waals surface area contributed by atoms with E-state index < -0.39 is 0 Å². The minimum Gasteiger partial charge on any atom is -0.338 e. The van der Waals surface area contributed by atoms with Crippen molar-refractivity contribution in [3.05, 3.63) is 53.6 Å². The summed E-state index contributed by atoms with van der Waals surface area (Å²) in [7, 11) is 1.91. The zero-order chi connectivity index (χ0) is 16.7. The molecule has 2 atom stereocenters. The fraction of sp³-hybridized carbons (Fsp3) is 0.444. The van der Waals surface area contributed by atoms with Crippen molar-refractivity contribution in [3.63, 3.8) is 0 Å². The van der Waals surface area contributed by atoms with E-state index in [1.54, 1.807) is 10.7 Å². The molecule has 0 bridgehead atoms. The van der Waals surface area contributed by atoms with Crippen molar-refractivity contribution >= 4 is 5.91 Å². The Balaban J connectivity index is 1.37. The van der Waals surface area contributed by atoms with Crippen LogP contribution in [0.25, 0.3) is 0 Å². The standard InChI is InChI=1S/C18H21FN4O/c1-21-7-14(6-20-21)8-22-10-15-11-23(18(24)17(15)12-22)9-13-3-2-4-16(19)5-13/h2-7,15,17H,8-12H2,1H3/t15-,17-/m0/s1. The van der Waals surface area contributed by atoms with Crippen LogP contribution in [0.2, 0.25) is 0 Å². The Hall–Kier alpha value is -2.21. The lowest BCUT2D eigenvalue weighted by molar-refractivity contribution is -0.131. The fourth-order valence-corrected chi connectivity index (χ4v) is 3.97. The number of nitrogens with zero attached hydrogens (tertiary/aromatic N) is 4. The number of halogens is 1. The minimum atomic E-state index is -0.248. The van der Waals surface area contributed by atoms with Gasteiger partial charge in [0.15, 0.2) is 0 Å². The van der Waals surface area contributed by atoms with Crippen LogP contribution >= 0.6 is 0 Å². The Morgan fingerprint density at radius 3 is 2.79 bits per heavy atom. The molecule has 3 heterocycles. The van der Waals surface area contributed by atoms with E-state index in [2.05, 4.69) is 10.00 Å². The first kappa shape index (κ1) is 15.3. The first-order chi connectivity index (χ1) is 11.6. The van der Waals surface area contributed by atoms with Crippen LogP contribution in [0.4, 0.5) is 4.39 Å². The summed E-state index contributed by atoms with van der Waals surface area (Å²) in [5.41, 5.74) is 2.04. The van der Waals surface area contributed by atoms with Crippen LogP contribution in [0.3, 0.4) is 0 Å². The van der Waals surface area contributed by atoms with Gasteiger partial charge in [-0.15, -0.1) is 0 Å². The minimum absolute atomic E-state index is 0.0789. The lowest BCUT2D eigenvalue weighted by Gasteiger charge is -2.21. The Bertz CT molecular complexity index is 759. The van der Waals surface area contributed by atoms with Gasteiger partial charge in [-0.05, 0) is 17.7 Å². The molecule has 5 nitrogen and oxygen atoms in total. The molecule has 6 heteroatoms. The molecule has 2 aliphatic heterocycles. The molecule has 2 fully saturated rings. The second kappa shape index (κ2) is 6.02. The second-order valence-electron chi connectivity index (χ2n) is 6.93. The molecule has 0 spiro atoms. The number of rotatable bonds is 4. The number of aromatic nitrogens is 2. The van der Waals surface area contributed by atoms with Gasteiger partial charge in [0, 0.05) is 57.4 Å². The predicted molar refractivity (Wildman–Crippen MR) is 87.3 cm³/mol. The van der Waals surface area contributed by atoms with E-state index in [1.165, 1.54) is 17.7 Å². The highest BCUT2D eigenvalue weighted by Crippen LogP contribution is 2.33. The van der Waals surface area contributed by atoms with Crippen molar-refractivity contribution in [1.82, 2.24) is 19.6 Å². The molecular weight excluding hydrogens is 307 g/mol. The van der Waals surface area contributed by atoms with Gasteiger partial charge >= 0.3 is 0 Å². The van der Waals surface area contributed by atoms with Gasteiger partial charge in [-0.3, -0.25) is 14.4 Å². The first-order valence-corrected chi connectivity index (χ1v) is 8.31. The summed E-state index contributed by atoms with van der Waals surface area (Å²) in [5.74, 6) is 0.415. The third-order valence-electron chi connectivity index (χ3n) is 5.03. The first-order valence-electron chi connectivity index (χ1n) is 8.31. The average molecular weight is 328 g/mol. The van der Waals surface area contributed by atoms with Crippen molar-refractivity contribution < 1.29 is 9.18 Å². The number of likely N-dealkylation sites (tertiary alicyclic amines) is 2. The number of carbonyl (C=O) groups excluding carboxylic acids is 1. The average Bonchev–Trinajstić information content (AvgIpc) is 3.19. The van der Waals surface area contributed by atoms with Crippen LogP contribution in [-0.4, -0.2) is 45.1 Å². The number of benzene rings is 1. The van der Waals surface area contributed by atoms with Crippen LogP contribution in [0.1, 0.15) is 11.1 Å². The predicted octanol–water partition coefficient (Wildman–Crippen LogP) is 1.65. The maximum Gasteiger partial charge on any atom is 0.227 e. The topological polar surface area (TPSA) is 41.4 Å². The van der Waals surface area contributed by atoms with Crippen molar-refractivity contribution in [2.45, 2.75) is 13.1 Å². The Kier molecular flexibility index (Phi) is 3.84. The van der Waals surface area contributed by atoms with Gasteiger partial charge in [0.05, 0.1) is 12.1 Å². The van der Waals surface area contributed by atoms with Crippen molar-refractivity contribution in [1.29, 1.82) is 0 Å². The summed E-state index contributed by atoms with van der Waals surface area (Å²) in [6.07, 6.45) is 3.90. The number of aryl methyl sites for hydroxylation is 1. The van der Waals surface area contributed by atoms with Gasteiger partial charge in [0.1, 0.15) is 5.82 Å². The summed E-state index contributed by atoms with van der Waals surface area (Å²) in [4.78, 5) is 16.9. The summed E-state index contributed by atoms with van der Waals surface area (Å²) in [6, 6.07) is 6.51. The number of carbonyl (C=O) groups is 1. The molecule has 0 unspecified atom stereocenters. The largest absolute Gasteiger partial charge is 0.338 e. The van der Waals surface area contributed by atoms with Crippen LogP contribution in [-0.2, 0) is 24.9 Å². The number of hydrogen-bond donors (Lipinski definition) is 0. The van der Waals surface area contributed by atoms with Gasteiger partial charge in [0.25, 0.3) is 0 Å². The summed E-state index contributed by atoms with van der Waals surface area (Å²) in [5, 5.41) is 4.20. The van der Waals surface area contributed by atoms with E-state index in [9.17, 15) is 9.18 Å². The normalized spacial score (nSPS) is 23.9. The van der Waals surface area contributed by atoms with Crippen molar-refractivity contribution in [2.75, 3.05) is 19.6 Å². The molecule has 0 radical (unpaired) electrons. The van der Waals surface area contributed by atoms with Gasteiger partial charge in [-0.1, -0.05) is 12.1 Å². The second-order valence-corrected chi connectivity index (χ2v) is 6.93. The molecule has 0 aliphatic carbocycles. The van der Waals surface area contributed by atoms with E-state index in [0.717, 1.165) is 31.7 Å². The maximum atomic E-state index is 13.3. The molecule has 2 aromatic rings. The fourth-order valence-electron chi connectivity index (χ4n) is 3.97. The van der Waals surface area contributed by atoms with E-state index in [-0.39, 0.29) is 17.6 Å². The van der Waals surface area contributed by atoms with E-state index in [4.69, 9.17) is 0 Å². The van der Waals surface area contributed by atoms with E-state index in [1.807, 2.05) is 30.4 Å². The lowest BCUT2D eigenvalue weighted by Crippen LogP contribution is -2.32. The summed E-state index contributed by atoms with van der Waals surface area (Å²) >= 11 is 0. The van der Waals surface area contributed by atoms with E-state index >= 15 is 0 Å². The molecule has 0 saturated carbocycles. The van der Waals surface area contributed by atoms with Crippen molar-refractivity contribution in [2.24, 2.45) is 18.9 Å². The highest BCUT2D eigenvalue weighted by Gasteiger charge is 2.45. The van der Waals surface area contributed by atoms with Gasteiger partial charge in [0.2, 0.25) is 5.91 Å². The zero-order valence-corrected chi connectivity index (χ0v) is 13.7. The number of amides is 1. The Labute approximate surface area is 140 Å². The van der Waals surface area contributed by atoms with Gasteiger partial charge in [-0.2, -0.15) is 5.10 Å². The highest BCUT2D eigenvalue weighted by atomic mass is 19.1.